The van der Waals surface area contributed by atoms with Gasteiger partial charge in [-0.25, -0.2) is 4.79 Å². The smallest absolute Gasteiger partial charge is 0.338 e. The van der Waals surface area contributed by atoms with E-state index in [0.717, 1.165) is 18.4 Å². The third-order valence-electron chi connectivity index (χ3n) is 5.30. The summed E-state index contributed by atoms with van der Waals surface area (Å²) in [6.07, 6.45) is 6.78. The molecule has 1 saturated carbocycles. The predicted molar refractivity (Wildman–Crippen MR) is 96.9 cm³/mol. The highest BCUT2D eigenvalue weighted by molar-refractivity contribution is 5.79. The number of esters is 1. The molecule has 2 rings (SSSR count). The van der Waals surface area contributed by atoms with Crippen molar-refractivity contribution in [1.82, 2.24) is 0 Å². The molecule has 0 spiro atoms. The van der Waals surface area contributed by atoms with Crippen molar-refractivity contribution in [2.75, 3.05) is 6.61 Å². The summed E-state index contributed by atoms with van der Waals surface area (Å²) in [7, 11) is 0. The van der Waals surface area contributed by atoms with Gasteiger partial charge in [0.2, 0.25) is 0 Å². The van der Waals surface area contributed by atoms with Crippen LogP contribution in [0.1, 0.15) is 71.3 Å². The summed E-state index contributed by atoms with van der Waals surface area (Å²) in [4.78, 5) is 12.6. The molecule has 0 amide bonds. The maximum absolute atomic E-state index is 12.6. The zero-order chi connectivity index (χ0) is 17.6. The zero-order valence-corrected chi connectivity index (χ0v) is 15.4. The molecule has 0 radical (unpaired) electrons. The fourth-order valence-electron chi connectivity index (χ4n) is 4.08. The Kier molecular flexibility index (Phi) is 6.45. The highest BCUT2D eigenvalue weighted by Crippen LogP contribution is 2.39. The van der Waals surface area contributed by atoms with Crippen LogP contribution < -0.4 is 0 Å². The van der Waals surface area contributed by atoms with Crippen LogP contribution in [0.15, 0.2) is 30.3 Å². The molecule has 3 heteroatoms. The molecule has 1 aromatic carbocycles. The second-order valence-electron chi connectivity index (χ2n) is 7.89. The summed E-state index contributed by atoms with van der Waals surface area (Å²) in [6, 6.07) is 10.1. The Hall–Kier alpha value is -1.35. The third-order valence-corrected chi connectivity index (χ3v) is 5.30. The molecule has 1 unspecified atom stereocenters. The Morgan fingerprint density at radius 2 is 1.79 bits per heavy atom. The van der Waals surface area contributed by atoms with Gasteiger partial charge in [-0.1, -0.05) is 76.3 Å². The molecule has 1 aromatic rings. The molecular formula is C21H32O3. The molecule has 1 fully saturated rings. The van der Waals surface area contributed by atoms with Crippen LogP contribution >= 0.6 is 0 Å². The average molecular weight is 332 g/mol. The van der Waals surface area contributed by atoms with Crippen LogP contribution in [-0.2, 0) is 14.9 Å². The molecule has 1 atom stereocenters. The van der Waals surface area contributed by atoms with Crippen molar-refractivity contribution in [3.8, 4) is 0 Å². The molecule has 0 bridgehead atoms. The molecule has 1 aliphatic rings. The molecule has 134 valence electrons. The van der Waals surface area contributed by atoms with E-state index in [1.807, 2.05) is 18.2 Å². The van der Waals surface area contributed by atoms with E-state index in [9.17, 15) is 9.90 Å². The summed E-state index contributed by atoms with van der Waals surface area (Å²) in [6.45, 7) is 6.28. The van der Waals surface area contributed by atoms with Crippen LogP contribution in [0.25, 0.3) is 0 Å². The van der Waals surface area contributed by atoms with Gasteiger partial charge >= 0.3 is 5.97 Å². The fourth-order valence-corrected chi connectivity index (χ4v) is 4.08. The van der Waals surface area contributed by atoms with Crippen molar-refractivity contribution in [3.05, 3.63) is 35.9 Å². The number of aliphatic hydroxyl groups is 1. The standard InChI is InChI=1S/C21H32O3/c1-4-24-19(22)21(23,15-17-11-7-5-8-12-17)16-20(2,3)18-13-9-6-10-14-18/h6,9-10,13-14,17,23H,4-5,7-8,11-12,15-16H2,1-3H3. The molecule has 0 aromatic heterocycles. The van der Waals surface area contributed by atoms with Gasteiger partial charge in [-0.05, 0) is 36.7 Å². The SMILES string of the molecule is CCOC(=O)C(O)(CC1CCCCC1)CC(C)(C)c1ccccc1. The minimum absolute atomic E-state index is 0.294. The van der Waals surface area contributed by atoms with E-state index in [1.165, 1.54) is 19.3 Å². The van der Waals surface area contributed by atoms with Crippen molar-refractivity contribution < 1.29 is 14.6 Å². The molecular weight excluding hydrogens is 300 g/mol. The minimum atomic E-state index is -1.41. The summed E-state index contributed by atoms with van der Waals surface area (Å²) < 4.78 is 5.24. The maximum Gasteiger partial charge on any atom is 0.338 e. The number of ether oxygens (including phenoxy) is 1. The normalized spacial score (nSPS) is 18.8. The highest BCUT2D eigenvalue weighted by Gasteiger charge is 2.44. The lowest BCUT2D eigenvalue weighted by molar-refractivity contribution is -0.170. The van der Waals surface area contributed by atoms with Gasteiger partial charge in [-0.3, -0.25) is 0 Å². The van der Waals surface area contributed by atoms with E-state index in [-0.39, 0.29) is 5.41 Å². The van der Waals surface area contributed by atoms with E-state index in [2.05, 4.69) is 26.0 Å². The van der Waals surface area contributed by atoms with Crippen LogP contribution in [0.4, 0.5) is 0 Å². The quantitative estimate of drug-likeness (QED) is 0.741. The number of rotatable bonds is 7. The molecule has 3 nitrogen and oxygen atoms in total. The van der Waals surface area contributed by atoms with Gasteiger partial charge < -0.3 is 9.84 Å². The highest BCUT2D eigenvalue weighted by atomic mass is 16.5. The first-order valence-electron chi connectivity index (χ1n) is 9.32. The second-order valence-corrected chi connectivity index (χ2v) is 7.89. The summed E-state index contributed by atoms with van der Waals surface area (Å²) >= 11 is 0. The Morgan fingerprint density at radius 3 is 2.38 bits per heavy atom. The molecule has 24 heavy (non-hydrogen) atoms. The lowest BCUT2D eigenvalue weighted by atomic mass is 9.71. The second kappa shape index (κ2) is 8.15. The van der Waals surface area contributed by atoms with Gasteiger partial charge in [0.15, 0.2) is 5.60 Å². The van der Waals surface area contributed by atoms with Crippen LogP contribution in [0, 0.1) is 5.92 Å². The van der Waals surface area contributed by atoms with Crippen molar-refractivity contribution >= 4 is 5.97 Å². The first-order valence-corrected chi connectivity index (χ1v) is 9.32. The lowest BCUT2D eigenvalue weighted by Crippen LogP contribution is -2.46. The van der Waals surface area contributed by atoms with E-state index in [1.54, 1.807) is 6.92 Å². The third kappa shape index (κ3) is 4.83. The largest absolute Gasteiger partial charge is 0.464 e. The fraction of sp³-hybridized carbons (Fsp3) is 0.667. The van der Waals surface area contributed by atoms with E-state index >= 15 is 0 Å². The topological polar surface area (TPSA) is 46.5 Å². The van der Waals surface area contributed by atoms with Crippen molar-refractivity contribution in [2.24, 2.45) is 5.92 Å². The van der Waals surface area contributed by atoms with Gasteiger partial charge in [0.1, 0.15) is 0 Å². The van der Waals surface area contributed by atoms with Crippen LogP contribution in [0.2, 0.25) is 0 Å². The van der Waals surface area contributed by atoms with Crippen molar-refractivity contribution in [2.45, 2.75) is 76.7 Å². The lowest BCUT2D eigenvalue weighted by Gasteiger charge is -2.37. The molecule has 0 saturated heterocycles. The Morgan fingerprint density at radius 1 is 1.17 bits per heavy atom. The van der Waals surface area contributed by atoms with Crippen LogP contribution in [0.5, 0.6) is 0 Å². The number of carbonyl (C=O) groups excluding carboxylic acids is 1. The number of benzene rings is 1. The maximum atomic E-state index is 12.6. The van der Waals surface area contributed by atoms with Crippen LogP contribution in [0.3, 0.4) is 0 Å². The Labute approximate surface area is 146 Å². The van der Waals surface area contributed by atoms with E-state index in [4.69, 9.17) is 4.74 Å². The van der Waals surface area contributed by atoms with Crippen molar-refractivity contribution in [3.63, 3.8) is 0 Å². The number of hydrogen-bond acceptors (Lipinski definition) is 3. The first kappa shape index (κ1) is 19.0. The average Bonchev–Trinajstić information content (AvgIpc) is 2.56. The summed E-state index contributed by atoms with van der Waals surface area (Å²) in [5.41, 5.74) is -0.564. The molecule has 1 aliphatic carbocycles. The monoisotopic (exact) mass is 332 g/mol. The van der Waals surface area contributed by atoms with Gasteiger partial charge in [0, 0.05) is 0 Å². The van der Waals surface area contributed by atoms with Gasteiger partial charge in [-0.15, -0.1) is 0 Å². The van der Waals surface area contributed by atoms with Gasteiger partial charge in [0.05, 0.1) is 6.61 Å². The van der Waals surface area contributed by atoms with Gasteiger partial charge in [0.25, 0.3) is 0 Å². The molecule has 0 aliphatic heterocycles. The summed E-state index contributed by atoms with van der Waals surface area (Å²) in [5, 5.41) is 11.3. The van der Waals surface area contributed by atoms with E-state index in [0.29, 0.717) is 25.4 Å². The molecule has 0 heterocycles. The Balaban J connectivity index is 2.19. The minimum Gasteiger partial charge on any atom is -0.464 e. The number of carbonyl (C=O) groups is 1. The zero-order valence-electron chi connectivity index (χ0n) is 15.4. The first-order chi connectivity index (χ1) is 11.4. The van der Waals surface area contributed by atoms with Gasteiger partial charge in [-0.2, -0.15) is 0 Å². The van der Waals surface area contributed by atoms with Crippen molar-refractivity contribution in [1.29, 1.82) is 0 Å². The van der Waals surface area contributed by atoms with Crippen LogP contribution in [-0.4, -0.2) is 23.3 Å². The van der Waals surface area contributed by atoms with E-state index < -0.39 is 11.6 Å². The number of hydrogen-bond donors (Lipinski definition) is 1. The summed E-state index contributed by atoms with van der Waals surface area (Å²) in [5.74, 6) is -0.0423. The Bertz CT molecular complexity index is 517. The predicted octanol–water partition coefficient (Wildman–Crippen LogP) is 4.62. The molecule has 1 N–H and O–H groups in total.